The third-order valence-corrected chi connectivity index (χ3v) is 6.83. The van der Waals surface area contributed by atoms with E-state index in [1.54, 1.807) is 25.3 Å². The number of ketones is 1. The van der Waals surface area contributed by atoms with Gasteiger partial charge in [-0.3, -0.25) is 14.4 Å². The van der Waals surface area contributed by atoms with Crippen LogP contribution >= 0.6 is 0 Å². The summed E-state index contributed by atoms with van der Waals surface area (Å²) < 4.78 is 18.3. The molecule has 180 valence electrons. The first-order valence-corrected chi connectivity index (χ1v) is 11.6. The number of nitrogens with one attached hydrogen (secondary N) is 2. The molecule has 7 nitrogen and oxygen atoms in total. The molecule has 1 amide bonds. The van der Waals surface area contributed by atoms with Gasteiger partial charge in [0.05, 0.1) is 24.1 Å². The van der Waals surface area contributed by atoms with E-state index in [1.807, 2.05) is 30.3 Å². The Labute approximate surface area is 202 Å². The number of hydrogen-bond donors (Lipinski definition) is 2. The molecule has 1 saturated carbocycles. The molecule has 0 bridgehead atoms. The minimum absolute atomic E-state index is 0.0647. The molecule has 2 aromatic heterocycles. The van der Waals surface area contributed by atoms with Crippen molar-refractivity contribution >= 4 is 23.5 Å². The number of carbonyl (C=O) groups excluding carboxylic acids is 3. The number of aromatic nitrogens is 2. The molecule has 1 unspecified atom stereocenters. The Bertz CT molecular complexity index is 1320. The van der Waals surface area contributed by atoms with Crippen LogP contribution in [0.15, 0.2) is 48.7 Å². The van der Waals surface area contributed by atoms with Crippen molar-refractivity contribution in [2.24, 2.45) is 11.3 Å². The number of benzene rings is 1. The lowest BCUT2D eigenvalue weighted by atomic mass is 9.73. The number of aromatic amines is 1. The molecule has 3 atom stereocenters. The molecule has 2 N–H and O–H groups in total. The smallest absolute Gasteiger partial charge is 0.312 e. The number of pyridine rings is 1. The fraction of sp³-hybridized carbons (Fsp3) is 0.333. The molecule has 2 aliphatic rings. The van der Waals surface area contributed by atoms with E-state index in [0.29, 0.717) is 29.9 Å². The van der Waals surface area contributed by atoms with Crippen molar-refractivity contribution in [3.8, 4) is 11.3 Å². The Hall–Kier alpha value is -3.81. The highest BCUT2D eigenvalue weighted by atomic mass is 19.1. The summed E-state index contributed by atoms with van der Waals surface area (Å²) in [6, 6.07) is 13.3. The molecule has 5 rings (SSSR count). The summed E-state index contributed by atoms with van der Waals surface area (Å²) in [6.45, 7) is 1.74. The molecular formula is C27H26FN3O4. The molecule has 0 spiro atoms. The van der Waals surface area contributed by atoms with Gasteiger partial charge in [0.1, 0.15) is 12.0 Å². The van der Waals surface area contributed by atoms with Crippen LogP contribution in [0.3, 0.4) is 0 Å². The van der Waals surface area contributed by atoms with Gasteiger partial charge in [-0.15, -0.1) is 0 Å². The molecule has 0 saturated heterocycles. The third-order valence-electron chi connectivity index (χ3n) is 6.83. The van der Waals surface area contributed by atoms with Crippen LogP contribution in [0.25, 0.3) is 11.3 Å². The Balaban J connectivity index is 1.56. The van der Waals surface area contributed by atoms with Crippen molar-refractivity contribution in [1.29, 1.82) is 0 Å². The van der Waals surface area contributed by atoms with Crippen LogP contribution in [-0.4, -0.2) is 40.9 Å². The van der Waals surface area contributed by atoms with E-state index in [4.69, 9.17) is 4.74 Å². The maximum absolute atomic E-state index is 13.4. The predicted octanol–water partition coefficient (Wildman–Crippen LogP) is 4.27. The molecule has 0 radical (unpaired) electrons. The van der Waals surface area contributed by atoms with E-state index in [2.05, 4.69) is 15.3 Å². The number of methoxy groups -OCH3 is 1. The average molecular weight is 476 g/mol. The number of esters is 1. The van der Waals surface area contributed by atoms with Gasteiger partial charge in [0, 0.05) is 42.3 Å². The number of nitrogens with zero attached hydrogens (tertiary/aromatic N) is 1. The summed E-state index contributed by atoms with van der Waals surface area (Å²) in [5.41, 5.74) is 3.68. The molecule has 8 heteroatoms. The second-order valence-corrected chi connectivity index (χ2v) is 9.60. The number of rotatable bonds is 6. The number of carbonyl (C=O) groups is 3. The van der Waals surface area contributed by atoms with Crippen LogP contribution < -0.4 is 5.32 Å². The number of ether oxygens (including phenoxy) is 1. The van der Waals surface area contributed by atoms with Crippen molar-refractivity contribution < 1.29 is 23.5 Å². The summed E-state index contributed by atoms with van der Waals surface area (Å²) >= 11 is 0. The van der Waals surface area contributed by atoms with E-state index < -0.39 is 23.5 Å². The summed E-state index contributed by atoms with van der Waals surface area (Å²) in [7, 11) is 1.33. The topological polar surface area (TPSA) is 101 Å². The van der Waals surface area contributed by atoms with Crippen LogP contribution in [0.5, 0.6) is 0 Å². The summed E-state index contributed by atoms with van der Waals surface area (Å²) in [5, 5.41) is 2.69. The zero-order valence-electron chi connectivity index (χ0n) is 19.6. The van der Waals surface area contributed by atoms with E-state index in [1.165, 1.54) is 7.11 Å². The molecule has 35 heavy (non-hydrogen) atoms. The largest absolute Gasteiger partial charge is 0.469 e. The van der Waals surface area contributed by atoms with Crippen LogP contribution in [0.4, 0.5) is 10.2 Å². The van der Waals surface area contributed by atoms with Gasteiger partial charge in [-0.2, -0.15) is 0 Å². The normalized spacial score (nSPS) is 22.9. The maximum Gasteiger partial charge on any atom is 0.312 e. The average Bonchev–Trinajstić information content (AvgIpc) is 3.48. The van der Waals surface area contributed by atoms with E-state index in [9.17, 15) is 18.8 Å². The second-order valence-electron chi connectivity index (χ2n) is 9.60. The molecule has 0 aliphatic heterocycles. The van der Waals surface area contributed by atoms with Gasteiger partial charge in [-0.25, -0.2) is 9.37 Å². The molecular weight excluding hydrogens is 449 g/mol. The summed E-state index contributed by atoms with van der Waals surface area (Å²) in [4.78, 5) is 45.7. The molecule has 1 aromatic carbocycles. The van der Waals surface area contributed by atoms with Crippen molar-refractivity contribution in [1.82, 2.24) is 9.97 Å². The van der Waals surface area contributed by atoms with Crippen molar-refractivity contribution in [2.45, 2.75) is 38.8 Å². The van der Waals surface area contributed by atoms with E-state index in [0.717, 1.165) is 22.4 Å². The first-order chi connectivity index (χ1) is 16.8. The Kier molecular flexibility index (Phi) is 5.75. The first kappa shape index (κ1) is 23.0. The highest BCUT2D eigenvalue weighted by molar-refractivity contribution is 6.04. The Morgan fingerprint density at radius 3 is 2.66 bits per heavy atom. The molecule has 2 heterocycles. The van der Waals surface area contributed by atoms with E-state index in [-0.39, 0.29) is 24.5 Å². The number of H-pyrrole nitrogens is 1. The lowest BCUT2D eigenvalue weighted by Crippen LogP contribution is -2.37. The van der Waals surface area contributed by atoms with Crippen molar-refractivity contribution in [3.63, 3.8) is 0 Å². The quantitative estimate of drug-likeness (QED) is 0.519. The van der Waals surface area contributed by atoms with Gasteiger partial charge in [-0.1, -0.05) is 30.3 Å². The van der Waals surface area contributed by atoms with Crippen molar-refractivity contribution in [3.05, 3.63) is 71.0 Å². The number of fused-ring (bicyclic) bond motifs is 1. The first-order valence-electron chi connectivity index (χ1n) is 11.6. The number of hydrogen-bond acceptors (Lipinski definition) is 5. The van der Waals surface area contributed by atoms with Crippen LogP contribution in [0.1, 0.15) is 46.9 Å². The fourth-order valence-corrected chi connectivity index (χ4v) is 4.88. The van der Waals surface area contributed by atoms with Gasteiger partial charge >= 0.3 is 5.97 Å². The zero-order valence-corrected chi connectivity index (χ0v) is 19.6. The number of anilines is 1. The van der Waals surface area contributed by atoms with Gasteiger partial charge in [-0.05, 0) is 36.6 Å². The van der Waals surface area contributed by atoms with Gasteiger partial charge in [0.2, 0.25) is 5.91 Å². The lowest BCUT2D eigenvalue weighted by molar-refractivity contribution is -0.151. The van der Waals surface area contributed by atoms with Crippen molar-refractivity contribution in [2.75, 3.05) is 12.4 Å². The molecule has 3 aromatic rings. The number of alkyl halides is 1. The highest BCUT2D eigenvalue weighted by Gasteiger charge is 2.45. The third kappa shape index (κ3) is 4.36. The highest BCUT2D eigenvalue weighted by Crippen LogP contribution is 2.41. The Morgan fingerprint density at radius 1 is 1.23 bits per heavy atom. The summed E-state index contributed by atoms with van der Waals surface area (Å²) in [5.74, 6) is -1.23. The SMILES string of the molecule is COC(=O)C1(C)CC(=O)c2c([nH]c(-c3ccnc(NC(=O)[C@@H]4C[C@@H]4F)c3)c2Cc2ccccc2)C1. The minimum atomic E-state index is -1.10. The fourth-order valence-electron chi connectivity index (χ4n) is 4.88. The van der Waals surface area contributed by atoms with E-state index >= 15 is 0 Å². The predicted molar refractivity (Wildman–Crippen MR) is 128 cm³/mol. The van der Waals surface area contributed by atoms with Crippen LogP contribution in [0, 0.1) is 11.3 Å². The second kappa shape index (κ2) is 8.76. The van der Waals surface area contributed by atoms with Gasteiger partial charge < -0.3 is 15.0 Å². The minimum Gasteiger partial charge on any atom is -0.469 e. The number of halogens is 1. The number of amides is 1. The molecule has 2 aliphatic carbocycles. The number of Topliss-reactive ketones (excluding diaryl/α,β-unsaturated/α-hetero) is 1. The van der Waals surface area contributed by atoms with Gasteiger partial charge in [0.15, 0.2) is 5.78 Å². The Morgan fingerprint density at radius 2 is 1.97 bits per heavy atom. The maximum atomic E-state index is 13.4. The lowest BCUT2D eigenvalue weighted by Gasteiger charge is -2.29. The van der Waals surface area contributed by atoms with Crippen LogP contribution in [0.2, 0.25) is 0 Å². The molecule has 1 fully saturated rings. The summed E-state index contributed by atoms with van der Waals surface area (Å²) in [6.07, 6.45) is 1.62. The zero-order chi connectivity index (χ0) is 24.7. The van der Waals surface area contributed by atoms with Crippen LogP contribution in [-0.2, 0) is 27.2 Å². The monoisotopic (exact) mass is 475 g/mol. The van der Waals surface area contributed by atoms with Gasteiger partial charge in [0.25, 0.3) is 0 Å². The standard InChI is InChI=1S/C27H26FN3O4/c1-27(26(34)35-2)13-20-23(21(32)14-27)18(10-15-6-4-3-5-7-15)24(30-20)16-8-9-29-22(11-16)31-25(33)17-12-19(17)28/h3-9,11,17,19,30H,10,12-14H2,1-2H3,(H,29,31,33)/t17-,19+,27?/m1/s1.